The molecule has 0 heterocycles. The molecule has 1 rings (SSSR count). The van der Waals surface area contributed by atoms with Gasteiger partial charge in [-0.3, -0.25) is 4.72 Å². The van der Waals surface area contributed by atoms with E-state index >= 15 is 0 Å². The molecule has 82 valence electrons. The van der Waals surface area contributed by atoms with Gasteiger partial charge in [-0.1, -0.05) is 17.7 Å². The van der Waals surface area contributed by atoms with Crippen molar-refractivity contribution in [3.8, 4) is 0 Å². The van der Waals surface area contributed by atoms with Crippen LogP contribution in [0, 0.1) is 0 Å². The minimum absolute atomic E-state index is 0.144. The molecule has 15 heavy (non-hydrogen) atoms. The highest BCUT2D eigenvalue weighted by atomic mass is 35.5. The number of nitrogens with one attached hydrogen (secondary N) is 1. The molecular weight excluding hydrogens is 236 g/mol. The van der Waals surface area contributed by atoms with E-state index in [4.69, 9.17) is 17.3 Å². The Morgan fingerprint density at radius 3 is 2.73 bits per heavy atom. The van der Waals surface area contributed by atoms with Gasteiger partial charge in [0.05, 0.1) is 22.2 Å². The molecule has 1 aromatic rings. The molecule has 0 fully saturated rings. The van der Waals surface area contributed by atoms with Crippen LogP contribution in [-0.4, -0.2) is 14.2 Å². The smallest absolute Gasteiger partial charge is 0.236 e. The maximum atomic E-state index is 11.3. The quantitative estimate of drug-likeness (QED) is 0.629. The molecule has 0 atom stereocenters. The van der Waals surface area contributed by atoms with Crippen LogP contribution in [0.5, 0.6) is 0 Å². The molecular formula is C9H11ClN2O2S. The summed E-state index contributed by atoms with van der Waals surface area (Å²) in [5.41, 5.74) is 6.28. The lowest BCUT2D eigenvalue weighted by Gasteiger charge is -2.07. The van der Waals surface area contributed by atoms with Crippen molar-refractivity contribution in [2.45, 2.75) is 0 Å². The molecule has 4 nitrogen and oxygen atoms in total. The molecule has 1 aromatic carbocycles. The van der Waals surface area contributed by atoms with Gasteiger partial charge in [-0.2, -0.15) is 0 Å². The first-order valence-electron chi connectivity index (χ1n) is 4.11. The van der Waals surface area contributed by atoms with Gasteiger partial charge in [0, 0.05) is 0 Å². The van der Waals surface area contributed by atoms with Gasteiger partial charge >= 0.3 is 0 Å². The summed E-state index contributed by atoms with van der Waals surface area (Å²) in [5, 5.41) is 0.314. The third kappa shape index (κ3) is 3.45. The van der Waals surface area contributed by atoms with Gasteiger partial charge in [-0.05, 0) is 18.2 Å². The molecule has 0 radical (unpaired) electrons. The number of anilines is 2. The highest BCUT2D eigenvalue weighted by Gasteiger charge is 2.08. The van der Waals surface area contributed by atoms with Crippen LogP contribution in [0.15, 0.2) is 30.9 Å². The summed E-state index contributed by atoms with van der Waals surface area (Å²) < 4.78 is 25.0. The van der Waals surface area contributed by atoms with Crippen LogP contribution in [0.2, 0.25) is 5.02 Å². The average Bonchev–Trinajstić information content (AvgIpc) is 2.10. The van der Waals surface area contributed by atoms with Gasteiger partial charge in [0.15, 0.2) is 0 Å². The number of hydrogen-bond acceptors (Lipinski definition) is 3. The summed E-state index contributed by atoms with van der Waals surface area (Å²) >= 11 is 5.74. The van der Waals surface area contributed by atoms with Crippen molar-refractivity contribution in [3.63, 3.8) is 0 Å². The second-order valence-corrected chi connectivity index (χ2v) is 5.08. The number of benzene rings is 1. The lowest BCUT2D eigenvalue weighted by molar-refractivity contribution is 0.604. The molecule has 0 aliphatic carbocycles. The first-order chi connectivity index (χ1) is 6.94. The lowest BCUT2D eigenvalue weighted by Crippen LogP contribution is -2.15. The largest absolute Gasteiger partial charge is 0.398 e. The Morgan fingerprint density at radius 1 is 1.53 bits per heavy atom. The first-order valence-corrected chi connectivity index (χ1v) is 6.14. The van der Waals surface area contributed by atoms with Crippen LogP contribution in [0.3, 0.4) is 0 Å². The first kappa shape index (κ1) is 11.9. The molecule has 0 aromatic heterocycles. The Hall–Kier alpha value is -1.20. The summed E-state index contributed by atoms with van der Waals surface area (Å²) in [6.07, 6.45) is 1.31. The molecule has 0 saturated carbocycles. The molecule has 0 amide bonds. The number of hydrogen-bond donors (Lipinski definition) is 2. The Bertz CT molecular complexity index is 471. The van der Waals surface area contributed by atoms with E-state index in [0.29, 0.717) is 16.4 Å². The maximum Gasteiger partial charge on any atom is 0.236 e. The van der Waals surface area contributed by atoms with E-state index in [9.17, 15) is 8.42 Å². The maximum absolute atomic E-state index is 11.3. The molecule has 0 unspecified atom stereocenters. The van der Waals surface area contributed by atoms with Crippen LogP contribution >= 0.6 is 11.6 Å². The third-order valence-electron chi connectivity index (χ3n) is 1.61. The monoisotopic (exact) mass is 246 g/mol. The zero-order valence-electron chi connectivity index (χ0n) is 7.90. The Morgan fingerprint density at radius 2 is 2.20 bits per heavy atom. The van der Waals surface area contributed by atoms with Gasteiger partial charge in [-0.25, -0.2) is 8.42 Å². The van der Waals surface area contributed by atoms with Crippen molar-refractivity contribution >= 4 is 33.0 Å². The van der Waals surface area contributed by atoms with Crippen molar-refractivity contribution in [1.29, 1.82) is 0 Å². The van der Waals surface area contributed by atoms with E-state index in [1.54, 1.807) is 6.07 Å². The van der Waals surface area contributed by atoms with Gasteiger partial charge < -0.3 is 5.73 Å². The number of nitrogen functional groups attached to an aromatic ring is 1. The summed E-state index contributed by atoms with van der Waals surface area (Å²) in [4.78, 5) is 0. The fourth-order valence-corrected chi connectivity index (χ4v) is 2.03. The molecule has 0 aliphatic rings. The van der Waals surface area contributed by atoms with E-state index < -0.39 is 10.0 Å². The Labute approximate surface area is 93.8 Å². The predicted octanol–water partition coefficient (Wildman–Crippen LogP) is 1.85. The van der Waals surface area contributed by atoms with Gasteiger partial charge in [0.25, 0.3) is 0 Å². The van der Waals surface area contributed by atoms with Crippen molar-refractivity contribution < 1.29 is 8.42 Å². The van der Waals surface area contributed by atoms with Gasteiger partial charge in [0.2, 0.25) is 10.0 Å². The summed E-state index contributed by atoms with van der Waals surface area (Å²) in [7, 11) is -3.38. The zero-order chi connectivity index (χ0) is 11.5. The topological polar surface area (TPSA) is 72.2 Å². The number of rotatable bonds is 4. The van der Waals surface area contributed by atoms with E-state index in [2.05, 4.69) is 11.3 Å². The van der Waals surface area contributed by atoms with E-state index in [1.165, 1.54) is 18.2 Å². The normalized spacial score (nSPS) is 11.0. The molecule has 3 N–H and O–H groups in total. The fraction of sp³-hybridized carbons (Fsp3) is 0.111. The summed E-state index contributed by atoms with van der Waals surface area (Å²) in [6, 6.07) is 4.54. The Balaban J connectivity index is 2.91. The highest BCUT2D eigenvalue weighted by Crippen LogP contribution is 2.23. The van der Waals surface area contributed by atoms with Crippen LogP contribution < -0.4 is 10.5 Å². The third-order valence-corrected chi connectivity index (χ3v) is 3.16. The van der Waals surface area contributed by atoms with Crippen LogP contribution in [0.4, 0.5) is 11.4 Å². The van der Waals surface area contributed by atoms with Crippen LogP contribution in [-0.2, 0) is 10.0 Å². The second-order valence-electron chi connectivity index (χ2n) is 2.91. The van der Waals surface area contributed by atoms with E-state index in [-0.39, 0.29) is 5.75 Å². The molecule has 6 heteroatoms. The minimum atomic E-state index is -3.38. The van der Waals surface area contributed by atoms with Crippen molar-refractivity contribution in [2.75, 3.05) is 16.2 Å². The molecule has 0 bridgehead atoms. The fourth-order valence-electron chi connectivity index (χ4n) is 0.967. The minimum Gasteiger partial charge on any atom is -0.398 e. The van der Waals surface area contributed by atoms with Crippen LogP contribution in [0.1, 0.15) is 0 Å². The summed E-state index contributed by atoms with van der Waals surface area (Å²) in [6.45, 7) is 3.35. The SMILES string of the molecule is C=CCS(=O)(=O)Nc1ccc(N)c(Cl)c1. The average molecular weight is 247 g/mol. The number of nitrogens with two attached hydrogens (primary N) is 1. The highest BCUT2D eigenvalue weighted by molar-refractivity contribution is 7.92. The van der Waals surface area contributed by atoms with Gasteiger partial charge in [-0.15, -0.1) is 6.58 Å². The predicted molar refractivity (Wildman–Crippen MR) is 63.5 cm³/mol. The standard InChI is InChI=1S/C9H11ClN2O2S/c1-2-5-15(13,14)12-7-3-4-9(11)8(10)6-7/h2-4,6,12H,1,5,11H2. The molecule has 0 saturated heterocycles. The number of halogens is 1. The molecule has 0 spiro atoms. The van der Waals surface area contributed by atoms with Gasteiger partial charge in [0.1, 0.15) is 0 Å². The zero-order valence-corrected chi connectivity index (χ0v) is 9.48. The lowest BCUT2D eigenvalue weighted by atomic mass is 10.3. The van der Waals surface area contributed by atoms with E-state index in [0.717, 1.165) is 0 Å². The van der Waals surface area contributed by atoms with Crippen molar-refractivity contribution in [3.05, 3.63) is 35.9 Å². The van der Waals surface area contributed by atoms with E-state index in [1.807, 2.05) is 0 Å². The molecule has 0 aliphatic heterocycles. The van der Waals surface area contributed by atoms with Crippen molar-refractivity contribution in [1.82, 2.24) is 0 Å². The second kappa shape index (κ2) is 4.55. The van der Waals surface area contributed by atoms with Crippen molar-refractivity contribution in [2.24, 2.45) is 0 Å². The number of sulfonamides is 1. The Kier molecular flexibility index (Phi) is 3.60. The summed E-state index contributed by atoms with van der Waals surface area (Å²) in [5.74, 6) is -0.144. The van der Waals surface area contributed by atoms with Crippen LogP contribution in [0.25, 0.3) is 0 Å².